The molecule has 0 radical (unpaired) electrons. The summed E-state index contributed by atoms with van der Waals surface area (Å²) in [7, 11) is -3.84. The molecule has 0 aliphatic carbocycles. The maximum Gasteiger partial charge on any atom is 0.251 e. The fourth-order valence-corrected chi connectivity index (χ4v) is 3.47. The maximum absolute atomic E-state index is 12.6. The molecule has 1 aromatic rings. The van der Waals surface area contributed by atoms with E-state index in [9.17, 15) is 13.2 Å². The van der Waals surface area contributed by atoms with Gasteiger partial charge in [0.1, 0.15) is 0 Å². The molecule has 0 spiro atoms. The van der Waals surface area contributed by atoms with Crippen molar-refractivity contribution in [2.24, 2.45) is 11.1 Å². The van der Waals surface area contributed by atoms with E-state index in [0.29, 0.717) is 24.7 Å². The minimum Gasteiger partial charge on any atom is -0.381 e. The van der Waals surface area contributed by atoms with Gasteiger partial charge in [-0.1, -0.05) is 0 Å². The normalized spacial score (nSPS) is 17.7. The lowest BCUT2D eigenvalue weighted by molar-refractivity contribution is 0.0538. The third-order valence-corrected chi connectivity index (χ3v) is 5.44. The number of hydrogen-bond donors (Lipinski definition) is 2. The molecule has 1 heterocycles. The molecular weight excluding hydrogens is 316 g/mol. The Bertz CT molecular complexity index is 694. The number of rotatable bonds is 4. The number of sulfonamides is 1. The number of benzene rings is 1. The van der Waals surface area contributed by atoms with Gasteiger partial charge < -0.3 is 10.1 Å². The highest BCUT2D eigenvalue weighted by atomic mass is 32.2. The topological polar surface area (TPSA) is 98.5 Å². The molecule has 2 rings (SSSR count). The molecule has 1 aromatic carbocycles. The quantitative estimate of drug-likeness (QED) is 0.867. The molecule has 1 saturated heterocycles. The Morgan fingerprint density at radius 3 is 2.48 bits per heavy atom. The van der Waals surface area contributed by atoms with Gasteiger partial charge >= 0.3 is 0 Å². The van der Waals surface area contributed by atoms with Crippen LogP contribution >= 0.6 is 0 Å². The van der Waals surface area contributed by atoms with Crippen molar-refractivity contribution in [2.75, 3.05) is 13.2 Å². The van der Waals surface area contributed by atoms with E-state index in [4.69, 9.17) is 9.88 Å². The van der Waals surface area contributed by atoms with Gasteiger partial charge in [0, 0.05) is 24.8 Å². The summed E-state index contributed by atoms with van der Waals surface area (Å²) < 4.78 is 28.5. The van der Waals surface area contributed by atoms with E-state index in [-0.39, 0.29) is 16.8 Å². The van der Waals surface area contributed by atoms with E-state index in [0.717, 1.165) is 24.0 Å². The third-order valence-electron chi connectivity index (χ3n) is 4.55. The van der Waals surface area contributed by atoms with Crippen molar-refractivity contribution in [3.8, 4) is 0 Å². The highest BCUT2D eigenvalue weighted by Crippen LogP contribution is 2.22. The molecule has 3 N–H and O–H groups in total. The third kappa shape index (κ3) is 4.31. The molecule has 1 unspecified atom stereocenters. The van der Waals surface area contributed by atoms with Crippen LogP contribution in [0.5, 0.6) is 0 Å². The van der Waals surface area contributed by atoms with Crippen molar-refractivity contribution in [2.45, 2.75) is 44.6 Å². The summed E-state index contributed by atoms with van der Waals surface area (Å²) >= 11 is 0. The highest BCUT2D eigenvalue weighted by Gasteiger charge is 2.24. The first-order chi connectivity index (χ1) is 10.7. The minimum atomic E-state index is -3.84. The van der Waals surface area contributed by atoms with Gasteiger partial charge in [-0.05, 0) is 62.8 Å². The molecule has 128 valence electrons. The second-order valence-corrected chi connectivity index (χ2v) is 7.73. The van der Waals surface area contributed by atoms with Crippen LogP contribution in [0, 0.1) is 19.8 Å². The minimum absolute atomic E-state index is 0.00393. The molecule has 7 heteroatoms. The average Bonchev–Trinajstić information content (AvgIpc) is 2.49. The number of ether oxygens (including phenoxy) is 1. The fraction of sp³-hybridized carbons (Fsp3) is 0.562. The molecule has 1 amide bonds. The first-order valence-electron chi connectivity index (χ1n) is 7.73. The molecule has 23 heavy (non-hydrogen) atoms. The molecule has 1 aliphatic heterocycles. The van der Waals surface area contributed by atoms with Gasteiger partial charge in [0.25, 0.3) is 5.91 Å². The lowest BCUT2D eigenvalue weighted by Gasteiger charge is -2.28. The van der Waals surface area contributed by atoms with Gasteiger partial charge in [-0.25, -0.2) is 13.6 Å². The second kappa shape index (κ2) is 6.98. The van der Waals surface area contributed by atoms with E-state index >= 15 is 0 Å². The average molecular weight is 340 g/mol. The summed E-state index contributed by atoms with van der Waals surface area (Å²) in [6.45, 7) is 6.96. The van der Waals surface area contributed by atoms with Crippen LogP contribution in [0.15, 0.2) is 17.0 Å². The molecule has 1 aliphatic rings. The largest absolute Gasteiger partial charge is 0.381 e. The molecule has 0 saturated carbocycles. The number of nitrogens with two attached hydrogens (primary N) is 1. The monoisotopic (exact) mass is 340 g/mol. The number of hydrogen-bond acceptors (Lipinski definition) is 4. The number of aryl methyl sites for hydroxylation is 1. The van der Waals surface area contributed by atoms with Crippen LogP contribution in [-0.2, 0) is 14.8 Å². The predicted octanol–water partition coefficient (Wildman–Crippen LogP) is 1.50. The van der Waals surface area contributed by atoms with E-state index < -0.39 is 10.0 Å². The Hall–Kier alpha value is -1.44. The maximum atomic E-state index is 12.6. The van der Waals surface area contributed by atoms with Gasteiger partial charge in [0.05, 0.1) is 4.90 Å². The molecule has 0 aromatic heterocycles. The Kier molecular flexibility index (Phi) is 5.44. The predicted molar refractivity (Wildman–Crippen MR) is 87.8 cm³/mol. The molecule has 1 atom stereocenters. The Balaban J connectivity index is 2.23. The summed E-state index contributed by atoms with van der Waals surface area (Å²) in [6, 6.07) is 2.84. The number of primary sulfonamides is 1. The molecule has 6 nitrogen and oxygen atoms in total. The standard InChI is InChI=1S/C16H24N2O4S/c1-10-8-14(23(17,20)21)9-15(11(10)2)16(19)18-12(3)13-4-6-22-7-5-13/h8-9,12-13H,4-7H2,1-3H3,(H,18,19)(H2,17,20,21). The van der Waals surface area contributed by atoms with Crippen molar-refractivity contribution in [1.82, 2.24) is 5.32 Å². The van der Waals surface area contributed by atoms with Crippen molar-refractivity contribution in [3.63, 3.8) is 0 Å². The van der Waals surface area contributed by atoms with Crippen molar-refractivity contribution in [1.29, 1.82) is 0 Å². The van der Waals surface area contributed by atoms with Crippen LogP contribution in [0.3, 0.4) is 0 Å². The van der Waals surface area contributed by atoms with Crippen LogP contribution in [0.25, 0.3) is 0 Å². The first-order valence-corrected chi connectivity index (χ1v) is 9.27. The zero-order valence-corrected chi connectivity index (χ0v) is 14.6. The van der Waals surface area contributed by atoms with E-state index in [2.05, 4.69) is 5.32 Å². The molecule has 0 bridgehead atoms. The Morgan fingerprint density at radius 2 is 1.91 bits per heavy atom. The SMILES string of the molecule is Cc1cc(S(N)(=O)=O)cc(C(=O)NC(C)C2CCOCC2)c1C. The van der Waals surface area contributed by atoms with Crippen LogP contribution in [-0.4, -0.2) is 33.6 Å². The fourth-order valence-electron chi connectivity index (χ4n) is 2.84. The van der Waals surface area contributed by atoms with Crippen LogP contribution in [0.1, 0.15) is 41.3 Å². The van der Waals surface area contributed by atoms with Gasteiger partial charge in [-0.3, -0.25) is 4.79 Å². The lowest BCUT2D eigenvalue weighted by Crippen LogP contribution is -2.40. The summed E-state index contributed by atoms with van der Waals surface area (Å²) in [4.78, 5) is 12.5. The zero-order valence-electron chi connectivity index (χ0n) is 13.8. The summed E-state index contributed by atoms with van der Waals surface area (Å²) in [6.07, 6.45) is 1.83. The zero-order chi connectivity index (χ0) is 17.2. The summed E-state index contributed by atoms with van der Waals surface area (Å²) in [5, 5.41) is 8.17. The van der Waals surface area contributed by atoms with Crippen LogP contribution in [0.2, 0.25) is 0 Å². The molecular formula is C16H24N2O4S. The van der Waals surface area contributed by atoms with Gasteiger partial charge in [-0.2, -0.15) is 0 Å². The van der Waals surface area contributed by atoms with Gasteiger partial charge in [0.2, 0.25) is 10.0 Å². The van der Waals surface area contributed by atoms with E-state index in [1.807, 2.05) is 6.92 Å². The number of amides is 1. The van der Waals surface area contributed by atoms with Crippen LogP contribution < -0.4 is 10.5 Å². The molecule has 1 fully saturated rings. The van der Waals surface area contributed by atoms with E-state index in [1.165, 1.54) is 12.1 Å². The first kappa shape index (κ1) is 17.9. The Morgan fingerprint density at radius 1 is 1.30 bits per heavy atom. The number of nitrogens with one attached hydrogen (secondary N) is 1. The number of carbonyl (C=O) groups is 1. The van der Waals surface area contributed by atoms with Crippen molar-refractivity contribution >= 4 is 15.9 Å². The summed E-state index contributed by atoms with van der Waals surface area (Å²) in [5.41, 5.74) is 1.84. The summed E-state index contributed by atoms with van der Waals surface area (Å²) in [5.74, 6) is 0.102. The second-order valence-electron chi connectivity index (χ2n) is 6.17. The van der Waals surface area contributed by atoms with Gasteiger partial charge in [-0.15, -0.1) is 0 Å². The van der Waals surface area contributed by atoms with E-state index in [1.54, 1.807) is 13.8 Å². The van der Waals surface area contributed by atoms with Gasteiger partial charge in [0.15, 0.2) is 0 Å². The number of carbonyl (C=O) groups excluding carboxylic acids is 1. The Labute approximate surface area is 137 Å². The lowest BCUT2D eigenvalue weighted by atomic mass is 9.92. The smallest absolute Gasteiger partial charge is 0.251 e. The highest BCUT2D eigenvalue weighted by molar-refractivity contribution is 7.89. The van der Waals surface area contributed by atoms with Crippen molar-refractivity contribution in [3.05, 3.63) is 28.8 Å². The van der Waals surface area contributed by atoms with Crippen LogP contribution in [0.4, 0.5) is 0 Å². The van der Waals surface area contributed by atoms with Crippen molar-refractivity contribution < 1.29 is 17.9 Å².